The molecule has 2 aliphatic rings. The zero-order chi connectivity index (χ0) is 14.1. The molecule has 1 atom stereocenters. The van der Waals surface area contributed by atoms with Gasteiger partial charge in [0.1, 0.15) is 8.07 Å². The lowest BCUT2D eigenvalue weighted by Crippen LogP contribution is -2.55. The summed E-state index contributed by atoms with van der Waals surface area (Å²) in [6.45, 7) is 12.1. The molecule has 0 saturated carbocycles. The Labute approximate surface area is 123 Å². The molecule has 0 fully saturated rings. The van der Waals surface area contributed by atoms with E-state index in [1.165, 1.54) is 6.42 Å². The van der Waals surface area contributed by atoms with Gasteiger partial charge in [0.25, 0.3) is 0 Å². The van der Waals surface area contributed by atoms with Gasteiger partial charge in [-0.25, -0.2) is 0 Å². The van der Waals surface area contributed by atoms with Crippen LogP contribution in [0.5, 0.6) is 0 Å². The highest BCUT2D eigenvalue weighted by molar-refractivity contribution is 8.03. The first kappa shape index (κ1) is 14.9. The molecule has 19 heavy (non-hydrogen) atoms. The van der Waals surface area contributed by atoms with Crippen molar-refractivity contribution in [2.45, 2.75) is 56.3 Å². The van der Waals surface area contributed by atoms with Crippen LogP contribution in [0.3, 0.4) is 0 Å². The molecule has 0 N–H and O–H groups in total. The van der Waals surface area contributed by atoms with Gasteiger partial charge in [0.05, 0.1) is 0 Å². The van der Waals surface area contributed by atoms with Crippen molar-refractivity contribution in [2.75, 3.05) is 0 Å². The van der Waals surface area contributed by atoms with Gasteiger partial charge in [0.15, 0.2) is 0 Å². The van der Waals surface area contributed by atoms with E-state index in [1.807, 2.05) is 0 Å². The lowest BCUT2D eigenvalue weighted by Gasteiger charge is -2.48. The van der Waals surface area contributed by atoms with E-state index in [0.29, 0.717) is 9.62 Å². The first-order valence-electron chi connectivity index (χ1n) is 7.29. The fourth-order valence-electron chi connectivity index (χ4n) is 3.34. The van der Waals surface area contributed by atoms with Crippen LogP contribution in [0.25, 0.3) is 0 Å². The Morgan fingerprint density at radius 1 is 1.26 bits per heavy atom. The smallest absolute Gasteiger partial charge is 0.103 e. The van der Waals surface area contributed by atoms with E-state index in [4.69, 9.17) is 0 Å². The van der Waals surface area contributed by atoms with E-state index in [-0.39, 0.29) is 0 Å². The zero-order valence-corrected chi connectivity index (χ0v) is 14.7. The molecule has 0 heterocycles. The van der Waals surface area contributed by atoms with Crippen LogP contribution in [0.4, 0.5) is 0 Å². The van der Waals surface area contributed by atoms with Crippen LogP contribution in [-0.2, 0) is 0 Å². The molecule has 2 aliphatic carbocycles. The monoisotopic (exact) mass is 290 g/mol. The van der Waals surface area contributed by atoms with Crippen LogP contribution < -0.4 is 0 Å². The average Bonchev–Trinajstić information content (AvgIpc) is 2.85. The minimum atomic E-state index is -1.53. The molecule has 0 amide bonds. The highest BCUT2D eigenvalue weighted by Gasteiger charge is 2.50. The normalized spacial score (nSPS) is 26.8. The van der Waals surface area contributed by atoms with Crippen molar-refractivity contribution in [3.63, 3.8) is 0 Å². The molecule has 0 nitrogen and oxygen atoms in total. The molecule has 1 unspecified atom stereocenters. The standard InChI is InChI=1S/C17H26SSi/c1-14(2)18-17(13-9-8-10-15(17)3)19(4,5)16-11-6-7-12-16/h6,8-12,14H,7,13H2,1-5H3. The summed E-state index contributed by atoms with van der Waals surface area (Å²) in [7, 11) is -1.53. The van der Waals surface area contributed by atoms with Crippen LogP contribution >= 0.6 is 11.8 Å². The van der Waals surface area contributed by atoms with E-state index in [0.717, 1.165) is 6.42 Å². The SMILES string of the molecule is CC1=CC=CCC1(SC(C)C)[Si](C)(C)C1=CCC=C1. The fraction of sp³-hybridized carbons (Fsp3) is 0.529. The third kappa shape index (κ3) is 2.57. The summed E-state index contributed by atoms with van der Waals surface area (Å²) in [5.41, 5.74) is 1.58. The van der Waals surface area contributed by atoms with Gasteiger partial charge < -0.3 is 0 Å². The maximum absolute atomic E-state index is 2.56. The topological polar surface area (TPSA) is 0 Å². The van der Waals surface area contributed by atoms with Crippen molar-refractivity contribution in [2.24, 2.45) is 0 Å². The Bertz CT molecular complexity index is 466. The van der Waals surface area contributed by atoms with Crippen LogP contribution in [0.2, 0.25) is 13.1 Å². The summed E-state index contributed by atoms with van der Waals surface area (Å²) in [6.07, 6.45) is 16.4. The van der Waals surface area contributed by atoms with Crippen molar-refractivity contribution in [3.05, 3.63) is 47.2 Å². The lowest BCUT2D eigenvalue weighted by atomic mass is 10.1. The van der Waals surface area contributed by atoms with E-state index < -0.39 is 8.07 Å². The first-order valence-corrected chi connectivity index (χ1v) is 11.2. The molecule has 2 rings (SSSR count). The van der Waals surface area contributed by atoms with Gasteiger partial charge in [-0.05, 0) is 25.0 Å². The van der Waals surface area contributed by atoms with Crippen molar-refractivity contribution in [3.8, 4) is 0 Å². The summed E-state index contributed by atoms with van der Waals surface area (Å²) in [5, 5.41) is 2.32. The van der Waals surface area contributed by atoms with Crippen molar-refractivity contribution in [1.29, 1.82) is 0 Å². The third-order valence-electron chi connectivity index (χ3n) is 4.46. The molecule has 2 heteroatoms. The Morgan fingerprint density at radius 3 is 2.53 bits per heavy atom. The summed E-state index contributed by atoms with van der Waals surface area (Å²) in [5.74, 6) is 0. The maximum Gasteiger partial charge on any atom is 0.103 e. The van der Waals surface area contributed by atoms with Crippen LogP contribution in [0.1, 0.15) is 33.6 Å². The summed E-state index contributed by atoms with van der Waals surface area (Å²) < 4.78 is 0.330. The second-order valence-electron chi connectivity index (χ2n) is 6.40. The van der Waals surface area contributed by atoms with E-state index in [1.54, 1.807) is 10.8 Å². The van der Waals surface area contributed by atoms with Gasteiger partial charge in [0.2, 0.25) is 0 Å². The molecular weight excluding hydrogens is 264 g/mol. The zero-order valence-electron chi connectivity index (χ0n) is 12.9. The molecule has 0 radical (unpaired) electrons. The second kappa shape index (κ2) is 5.49. The van der Waals surface area contributed by atoms with Gasteiger partial charge in [0, 0.05) is 4.37 Å². The van der Waals surface area contributed by atoms with E-state index >= 15 is 0 Å². The quantitative estimate of drug-likeness (QED) is 0.621. The summed E-state index contributed by atoms with van der Waals surface area (Å²) in [6, 6.07) is 0. The molecule has 0 saturated heterocycles. The summed E-state index contributed by atoms with van der Waals surface area (Å²) >= 11 is 2.19. The summed E-state index contributed by atoms with van der Waals surface area (Å²) in [4.78, 5) is 0. The van der Waals surface area contributed by atoms with Gasteiger partial charge in [-0.2, -0.15) is 11.8 Å². The van der Waals surface area contributed by atoms with Crippen molar-refractivity contribution < 1.29 is 0 Å². The first-order chi connectivity index (χ1) is 8.90. The van der Waals surface area contributed by atoms with E-state index in [2.05, 4.69) is 82.1 Å². The van der Waals surface area contributed by atoms with Crippen LogP contribution in [0.15, 0.2) is 47.2 Å². The third-order valence-corrected chi connectivity index (χ3v) is 12.1. The highest BCUT2D eigenvalue weighted by Crippen LogP contribution is 2.50. The number of hydrogen-bond acceptors (Lipinski definition) is 1. The minimum Gasteiger partial charge on any atom is -0.150 e. The predicted molar refractivity (Wildman–Crippen MR) is 92.3 cm³/mol. The van der Waals surface area contributed by atoms with Gasteiger partial charge in [-0.1, -0.05) is 74.2 Å². The van der Waals surface area contributed by atoms with Gasteiger partial charge in [-0.15, -0.1) is 0 Å². The Hall–Kier alpha value is -0.473. The molecule has 0 aliphatic heterocycles. The van der Waals surface area contributed by atoms with Crippen molar-refractivity contribution >= 4 is 19.8 Å². The molecule has 0 bridgehead atoms. The molecule has 0 aromatic heterocycles. The second-order valence-corrected chi connectivity index (χ2v) is 13.3. The largest absolute Gasteiger partial charge is 0.150 e. The fourth-order valence-corrected chi connectivity index (χ4v) is 10.2. The maximum atomic E-state index is 2.56. The number of rotatable bonds is 4. The molecule has 0 aromatic carbocycles. The number of allylic oxidation sites excluding steroid dienone is 7. The lowest BCUT2D eigenvalue weighted by molar-refractivity contribution is 0.856. The predicted octanol–water partition coefficient (Wildman–Crippen LogP) is 5.45. The number of thioether (sulfide) groups is 1. The van der Waals surface area contributed by atoms with Crippen molar-refractivity contribution in [1.82, 2.24) is 0 Å². The van der Waals surface area contributed by atoms with Gasteiger partial charge in [-0.3, -0.25) is 0 Å². The molecule has 0 spiro atoms. The molecular formula is C17H26SSi. The Kier molecular flexibility index (Phi) is 4.31. The Morgan fingerprint density at radius 2 is 2.00 bits per heavy atom. The molecule has 0 aromatic rings. The highest BCUT2D eigenvalue weighted by atomic mass is 32.2. The molecule has 104 valence electrons. The van der Waals surface area contributed by atoms with E-state index in [9.17, 15) is 0 Å². The average molecular weight is 291 g/mol. The van der Waals surface area contributed by atoms with Crippen LogP contribution in [0, 0.1) is 0 Å². The Balaban J connectivity index is 2.46. The number of hydrogen-bond donors (Lipinski definition) is 0. The van der Waals surface area contributed by atoms with Crippen LogP contribution in [-0.4, -0.2) is 17.7 Å². The van der Waals surface area contributed by atoms with Gasteiger partial charge >= 0.3 is 0 Å². The minimum absolute atomic E-state index is 0.330.